The second-order valence-electron chi connectivity index (χ2n) is 6.80. The minimum Gasteiger partial charge on any atom is -0.483 e. The second kappa shape index (κ2) is 7.92. The largest absolute Gasteiger partial charge is 0.483 e. The summed E-state index contributed by atoms with van der Waals surface area (Å²) in [6, 6.07) is 0. The van der Waals surface area contributed by atoms with Gasteiger partial charge in [0.2, 0.25) is 5.91 Å². The normalized spacial score (nSPS) is 26.5. The van der Waals surface area contributed by atoms with Crippen molar-refractivity contribution in [3.63, 3.8) is 0 Å². The van der Waals surface area contributed by atoms with Crippen LogP contribution in [-0.2, 0) is 9.59 Å². The van der Waals surface area contributed by atoms with Crippen LogP contribution in [0.3, 0.4) is 0 Å². The van der Waals surface area contributed by atoms with Gasteiger partial charge in [-0.05, 0) is 50.5 Å². The van der Waals surface area contributed by atoms with Gasteiger partial charge >= 0.3 is 0 Å². The summed E-state index contributed by atoms with van der Waals surface area (Å²) < 4.78 is 0. The fourth-order valence-electron chi connectivity index (χ4n) is 3.68. The molecule has 3 aliphatic rings. The van der Waals surface area contributed by atoms with Crippen LogP contribution >= 0.6 is 0 Å². The van der Waals surface area contributed by atoms with Gasteiger partial charge < -0.3 is 20.4 Å². The van der Waals surface area contributed by atoms with Gasteiger partial charge in [0.1, 0.15) is 0 Å². The Kier molecular flexibility index (Phi) is 6.20. The van der Waals surface area contributed by atoms with Crippen LogP contribution in [0.25, 0.3) is 0 Å². The van der Waals surface area contributed by atoms with E-state index in [1.807, 2.05) is 0 Å². The number of aliphatic hydroxyl groups excluding tert-OH is 1. The predicted molar refractivity (Wildman–Crippen MR) is 82.4 cm³/mol. The molecule has 2 saturated carbocycles. The summed E-state index contributed by atoms with van der Waals surface area (Å²) in [6.07, 6.45) is 7.76. The van der Waals surface area contributed by atoms with Gasteiger partial charge in [-0.15, -0.1) is 0 Å². The van der Waals surface area contributed by atoms with Crippen LogP contribution in [0.15, 0.2) is 0 Å². The van der Waals surface area contributed by atoms with Gasteiger partial charge in [-0.25, -0.2) is 0 Å². The molecular weight excluding hydrogens is 284 g/mol. The van der Waals surface area contributed by atoms with Crippen molar-refractivity contribution >= 4 is 12.4 Å². The Morgan fingerprint density at radius 3 is 2.45 bits per heavy atom. The summed E-state index contributed by atoms with van der Waals surface area (Å²) >= 11 is 0. The molecule has 0 radical (unpaired) electrons. The molecule has 1 unspecified atom stereocenters. The van der Waals surface area contributed by atoms with E-state index in [9.17, 15) is 9.90 Å². The Morgan fingerprint density at radius 1 is 1.32 bits per heavy atom. The number of hydrogen-bond acceptors (Lipinski definition) is 4. The molecule has 3 N–H and O–H groups in total. The van der Waals surface area contributed by atoms with Crippen molar-refractivity contribution < 1.29 is 19.8 Å². The van der Waals surface area contributed by atoms with E-state index in [-0.39, 0.29) is 12.6 Å². The van der Waals surface area contributed by atoms with Gasteiger partial charge in [-0.1, -0.05) is 6.42 Å². The average molecular weight is 312 g/mol. The third-order valence-electron chi connectivity index (χ3n) is 5.36. The van der Waals surface area contributed by atoms with Gasteiger partial charge in [0.15, 0.2) is 0 Å². The quantitative estimate of drug-likeness (QED) is 0.517. The van der Waals surface area contributed by atoms with Crippen molar-refractivity contribution in [3.8, 4) is 0 Å². The Bertz CT molecular complexity index is 376. The van der Waals surface area contributed by atoms with Crippen molar-refractivity contribution in [2.24, 2.45) is 11.3 Å². The highest BCUT2D eigenvalue weighted by molar-refractivity contribution is 5.82. The zero-order valence-corrected chi connectivity index (χ0v) is 13.2. The van der Waals surface area contributed by atoms with E-state index in [0.717, 1.165) is 51.9 Å². The van der Waals surface area contributed by atoms with Gasteiger partial charge in [-0.2, -0.15) is 0 Å². The molecule has 0 aromatic carbocycles. The zero-order valence-electron chi connectivity index (χ0n) is 13.2. The summed E-state index contributed by atoms with van der Waals surface area (Å²) in [7, 11) is 0. The summed E-state index contributed by atoms with van der Waals surface area (Å²) in [6.45, 7) is 3.61. The first-order valence-corrected chi connectivity index (χ1v) is 8.37. The van der Waals surface area contributed by atoms with E-state index in [4.69, 9.17) is 9.90 Å². The monoisotopic (exact) mass is 312 g/mol. The number of carboxylic acid groups (broad SMARTS) is 1. The molecule has 22 heavy (non-hydrogen) atoms. The average Bonchev–Trinajstić information content (AvgIpc) is 3.22. The van der Waals surface area contributed by atoms with E-state index < -0.39 is 0 Å². The lowest BCUT2D eigenvalue weighted by atomic mass is 9.80. The Morgan fingerprint density at radius 2 is 1.95 bits per heavy atom. The van der Waals surface area contributed by atoms with Crippen LogP contribution in [0, 0.1) is 11.3 Å². The molecule has 3 fully saturated rings. The molecule has 1 spiro atoms. The second-order valence-corrected chi connectivity index (χ2v) is 6.80. The van der Waals surface area contributed by atoms with E-state index in [0.29, 0.717) is 17.2 Å². The van der Waals surface area contributed by atoms with E-state index >= 15 is 0 Å². The maximum atomic E-state index is 12.0. The van der Waals surface area contributed by atoms with Gasteiger partial charge in [0, 0.05) is 25.6 Å². The number of likely N-dealkylation sites (tertiary alicyclic amines) is 1. The lowest BCUT2D eigenvalue weighted by molar-refractivity contribution is -0.124. The van der Waals surface area contributed by atoms with Crippen LogP contribution in [0.1, 0.15) is 44.9 Å². The summed E-state index contributed by atoms with van der Waals surface area (Å²) in [5, 5.41) is 19.4. The minimum absolute atomic E-state index is 0.0931. The van der Waals surface area contributed by atoms with Crippen molar-refractivity contribution in [1.29, 1.82) is 0 Å². The van der Waals surface area contributed by atoms with E-state index in [1.165, 1.54) is 19.3 Å². The van der Waals surface area contributed by atoms with Crippen molar-refractivity contribution in [2.75, 3.05) is 26.2 Å². The van der Waals surface area contributed by atoms with Crippen LogP contribution < -0.4 is 5.32 Å². The smallest absolute Gasteiger partial charge is 0.290 e. The molecule has 126 valence electrons. The number of nitrogens with one attached hydrogen (secondary N) is 1. The highest BCUT2D eigenvalue weighted by Crippen LogP contribution is 2.65. The van der Waals surface area contributed by atoms with Gasteiger partial charge in [-0.3, -0.25) is 9.59 Å². The fraction of sp³-hybridized carbons (Fsp3) is 0.875. The maximum absolute atomic E-state index is 12.0. The zero-order chi connectivity index (χ0) is 16.0. The number of carbonyl (C=O) groups excluding carboxylic acids is 1. The molecule has 6 heteroatoms. The molecule has 1 saturated heterocycles. The van der Waals surface area contributed by atoms with Gasteiger partial charge in [0.25, 0.3) is 6.47 Å². The third-order valence-corrected chi connectivity index (χ3v) is 5.36. The summed E-state index contributed by atoms with van der Waals surface area (Å²) in [4.78, 5) is 22.7. The summed E-state index contributed by atoms with van der Waals surface area (Å²) in [5.74, 6) is 0.639. The molecule has 0 bridgehead atoms. The van der Waals surface area contributed by atoms with E-state index in [2.05, 4.69) is 10.2 Å². The number of piperidine rings is 1. The SMILES string of the molecule is O=C(NCCCN1CCC(O)CC1)C1CC12CCC2.O=CO. The molecule has 0 aromatic heterocycles. The lowest BCUT2D eigenvalue weighted by Gasteiger charge is -2.29. The lowest BCUT2D eigenvalue weighted by Crippen LogP contribution is -2.38. The molecule has 1 atom stereocenters. The van der Waals surface area contributed by atoms with Gasteiger partial charge in [0.05, 0.1) is 6.10 Å². The molecule has 1 heterocycles. The number of carbonyl (C=O) groups is 2. The van der Waals surface area contributed by atoms with Crippen molar-refractivity contribution in [1.82, 2.24) is 10.2 Å². The Balaban J connectivity index is 0.000000545. The molecule has 6 nitrogen and oxygen atoms in total. The fourth-order valence-corrected chi connectivity index (χ4v) is 3.68. The highest BCUT2D eigenvalue weighted by atomic mass is 16.3. The molecule has 1 amide bonds. The number of hydrogen-bond donors (Lipinski definition) is 3. The van der Waals surface area contributed by atoms with E-state index in [1.54, 1.807) is 0 Å². The molecule has 3 rings (SSSR count). The number of nitrogens with zero attached hydrogens (tertiary/aromatic N) is 1. The highest BCUT2D eigenvalue weighted by Gasteiger charge is 2.60. The van der Waals surface area contributed by atoms with Crippen LogP contribution in [0.5, 0.6) is 0 Å². The van der Waals surface area contributed by atoms with Crippen molar-refractivity contribution in [2.45, 2.75) is 51.0 Å². The topological polar surface area (TPSA) is 89.9 Å². The Hall–Kier alpha value is -1.14. The molecular formula is C16H28N2O4. The first kappa shape index (κ1) is 17.2. The first-order valence-electron chi connectivity index (χ1n) is 8.37. The standard InChI is InChI=1S/C15H26N2O2.CH2O2/c18-12-3-9-17(10-4-12)8-2-7-16-14(19)13-11-15(13)5-1-6-15;2-1-3/h12-13,18H,1-11H2,(H,16,19);1H,(H,2,3). The maximum Gasteiger partial charge on any atom is 0.290 e. The van der Waals surface area contributed by atoms with Crippen LogP contribution in [-0.4, -0.2) is 59.8 Å². The number of amides is 1. The summed E-state index contributed by atoms with van der Waals surface area (Å²) in [5.41, 5.74) is 0.451. The van der Waals surface area contributed by atoms with Crippen molar-refractivity contribution in [3.05, 3.63) is 0 Å². The number of rotatable bonds is 5. The first-order chi connectivity index (χ1) is 10.6. The number of aliphatic hydroxyl groups is 1. The third kappa shape index (κ3) is 4.43. The van der Waals surface area contributed by atoms with Crippen LogP contribution in [0.4, 0.5) is 0 Å². The molecule has 1 aliphatic heterocycles. The molecule has 2 aliphatic carbocycles. The predicted octanol–water partition coefficient (Wildman–Crippen LogP) is 0.840. The van der Waals surface area contributed by atoms with Crippen LogP contribution in [0.2, 0.25) is 0 Å². The Labute approximate surface area is 131 Å². The minimum atomic E-state index is -0.250. The molecule has 0 aromatic rings.